The van der Waals surface area contributed by atoms with Crippen LogP contribution in [0.5, 0.6) is 0 Å². The molecule has 0 radical (unpaired) electrons. The highest BCUT2D eigenvalue weighted by Crippen LogP contribution is 2.41. The average molecular weight is 443 g/mol. The minimum absolute atomic E-state index is 1.21. The Hall–Kier alpha value is -3.11. The van der Waals surface area contributed by atoms with E-state index in [-0.39, 0.29) is 0 Å². The molecule has 4 aromatic carbocycles. The van der Waals surface area contributed by atoms with Crippen molar-refractivity contribution in [2.45, 2.75) is 24.4 Å². The van der Waals surface area contributed by atoms with Crippen molar-refractivity contribution in [2.24, 2.45) is 0 Å². The van der Waals surface area contributed by atoms with Crippen molar-refractivity contribution >= 4 is 35.8 Å². The first kappa shape index (κ1) is 23.1. The predicted octanol–water partition coefficient (Wildman–Crippen LogP) is 8.91. The highest BCUT2D eigenvalue weighted by atomic mass is 27.2. The van der Waals surface area contributed by atoms with Crippen LogP contribution in [0.15, 0.2) is 121 Å². The summed E-state index contributed by atoms with van der Waals surface area (Å²) in [6.45, 7) is 4.74. The van der Waals surface area contributed by atoms with E-state index in [1.165, 1.54) is 44.0 Å². The van der Waals surface area contributed by atoms with Gasteiger partial charge < -0.3 is 0 Å². The lowest BCUT2D eigenvalue weighted by Crippen LogP contribution is -2.15. The van der Waals surface area contributed by atoms with Gasteiger partial charge >= 0.3 is 14.1 Å². The van der Waals surface area contributed by atoms with Gasteiger partial charge in [0, 0.05) is 0 Å². The second-order valence-electron chi connectivity index (χ2n) is 8.37. The standard InChI is InChI=1S/C28H21.2C2H5.Al/c1-5-13-23(14-6-1)21-27(25-17-9-3-10-18-25)28(26-19-11-4-12-20-26)22-24-15-7-2-8-16-24;2*1-2;/h1-21H;2*1H2,2H3;/b27-21+,28-22?;;;. The molecule has 0 aromatic heterocycles. The number of benzene rings is 4. The molecule has 0 spiro atoms. The third kappa shape index (κ3) is 5.64. The molecule has 4 aromatic rings. The molecular weight excluding hydrogens is 411 g/mol. The molecule has 162 valence electrons. The maximum atomic E-state index is 2.37. The molecule has 0 N–H and O–H groups in total. The second kappa shape index (κ2) is 11.7. The summed E-state index contributed by atoms with van der Waals surface area (Å²) in [7, 11) is 0. The van der Waals surface area contributed by atoms with E-state index in [0.717, 1.165) is 0 Å². The van der Waals surface area contributed by atoms with Crippen LogP contribution in [0, 0.1) is 0 Å². The van der Waals surface area contributed by atoms with Crippen LogP contribution < -0.4 is 0 Å². The van der Waals surface area contributed by atoms with Gasteiger partial charge in [0.1, 0.15) is 0 Å². The van der Waals surface area contributed by atoms with Crippen molar-refractivity contribution in [1.82, 2.24) is 0 Å². The lowest BCUT2D eigenvalue weighted by molar-refractivity contribution is 1.33. The quantitative estimate of drug-likeness (QED) is 0.145. The summed E-state index contributed by atoms with van der Waals surface area (Å²) in [6.07, 6.45) is 2.37. The van der Waals surface area contributed by atoms with Crippen molar-refractivity contribution in [3.05, 3.63) is 144 Å². The van der Waals surface area contributed by atoms with Gasteiger partial charge in [0.05, 0.1) is 0 Å². The number of hydrogen-bond donors (Lipinski definition) is 0. The normalized spacial score (nSPS) is 12.2. The van der Waals surface area contributed by atoms with E-state index in [9.17, 15) is 0 Å². The Balaban J connectivity index is 2.11. The predicted molar refractivity (Wildman–Crippen MR) is 147 cm³/mol. The second-order valence-corrected chi connectivity index (χ2v) is 12.0. The molecule has 33 heavy (non-hydrogen) atoms. The van der Waals surface area contributed by atoms with Gasteiger partial charge in [-0.15, -0.1) is 0 Å². The number of rotatable bonds is 8. The van der Waals surface area contributed by atoms with Gasteiger partial charge in [0.25, 0.3) is 0 Å². The zero-order valence-corrected chi connectivity index (χ0v) is 20.8. The summed E-state index contributed by atoms with van der Waals surface area (Å²) in [5, 5.41) is 2.48. The third-order valence-electron chi connectivity index (χ3n) is 6.28. The summed E-state index contributed by atoms with van der Waals surface area (Å²) in [5.74, 6) is 0. The van der Waals surface area contributed by atoms with Crippen LogP contribution >= 0.6 is 0 Å². The van der Waals surface area contributed by atoms with Crippen LogP contribution in [-0.4, -0.2) is 14.1 Å². The van der Waals surface area contributed by atoms with Crippen LogP contribution in [0.4, 0.5) is 0 Å². The Morgan fingerprint density at radius 3 is 1.45 bits per heavy atom. The fraction of sp³-hybridized carbons (Fsp3) is 0.125. The van der Waals surface area contributed by atoms with Crippen LogP contribution in [0.3, 0.4) is 0 Å². The van der Waals surface area contributed by atoms with Gasteiger partial charge in [-0.1, -0.05) is 150 Å². The van der Waals surface area contributed by atoms with Gasteiger partial charge in [-0.2, -0.15) is 0 Å². The molecule has 0 fully saturated rings. The number of hydrogen-bond acceptors (Lipinski definition) is 0. The molecule has 0 atom stereocenters. The molecule has 0 nitrogen and oxygen atoms in total. The molecule has 0 aliphatic heterocycles. The van der Waals surface area contributed by atoms with Crippen molar-refractivity contribution in [3.8, 4) is 0 Å². The Morgan fingerprint density at radius 2 is 0.970 bits per heavy atom. The van der Waals surface area contributed by atoms with Crippen molar-refractivity contribution in [3.63, 3.8) is 0 Å². The Morgan fingerprint density at radius 1 is 0.545 bits per heavy atom. The van der Waals surface area contributed by atoms with Crippen molar-refractivity contribution in [2.75, 3.05) is 0 Å². The average Bonchev–Trinajstić information content (AvgIpc) is 2.90. The fourth-order valence-electron chi connectivity index (χ4n) is 4.59. The van der Waals surface area contributed by atoms with Crippen LogP contribution in [-0.2, 0) is 0 Å². The molecule has 4 rings (SSSR count). The van der Waals surface area contributed by atoms with Gasteiger partial charge in [-0.05, 0) is 39.5 Å². The van der Waals surface area contributed by atoms with E-state index < -0.39 is 14.1 Å². The molecule has 0 amide bonds. The van der Waals surface area contributed by atoms with Crippen molar-refractivity contribution in [1.29, 1.82) is 0 Å². The van der Waals surface area contributed by atoms with E-state index in [2.05, 4.69) is 141 Å². The summed E-state index contributed by atoms with van der Waals surface area (Å²) < 4.78 is 1.57. The van der Waals surface area contributed by atoms with Gasteiger partial charge in [0.2, 0.25) is 0 Å². The number of allylic oxidation sites excluding steroid dienone is 2. The first-order valence-corrected chi connectivity index (χ1v) is 14.2. The first-order valence-electron chi connectivity index (χ1n) is 12.0. The smallest absolute Gasteiger partial charge is 0.0954 e. The van der Waals surface area contributed by atoms with E-state index in [0.29, 0.717) is 0 Å². The highest BCUT2D eigenvalue weighted by Gasteiger charge is 2.26. The monoisotopic (exact) mass is 442 g/mol. The van der Waals surface area contributed by atoms with E-state index >= 15 is 0 Å². The van der Waals surface area contributed by atoms with E-state index in [1.807, 2.05) is 0 Å². The largest absolute Gasteiger partial charge is 0.307 e. The molecule has 0 saturated carbocycles. The summed E-state index contributed by atoms with van der Waals surface area (Å²) in [5.41, 5.74) is 7.83. The fourth-order valence-corrected chi connectivity index (χ4v) is 7.38. The lowest BCUT2D eigenvalue weighted by Gasteiger charge is -2.24. The van der Waals surface area contributed by atoms with Gasteiger partial charge in [-0.3, -0.25) is 0 Å². The van der Waals surface area contributed by atoms with Gasteiger partial charge in [0.15, 0.2) is 0 Å². The minimum atomic E-state index is -1.21. The molecular formula is C32H31Al. The third-order valence-corrected chi connectivity index (χ3v) is 9.68. The van der Waals surface area contributed by atoms with Crippen molar-refractivity contribution < 1.29 is 0 Å². The summed E-state index contributed by atoms with van der Waals surface area (Å²) in [4.78, 5) is 0. The molecule has 1 heteroatoms. The Bertz CT molecular complexity index is 1190. The molecule has 0 aliphatic carbocycles. The zero-order valence-electron chi connectivity index (χ0n) is 19.6. The summed E-state index contributed by atoms with van der Waals surface area (Å²) in [6, 6.07) is 43.7. The Labute approximate surface area is 203 Å². The van der Waals surface area contributed by atoms with Gasteiger partial charge in [-0.25, -0.2) is 0 Å². The maximum Gasteiger partial charge on any atom is 0.307 e. The molecule has 0 bridgehead atoms. The zero-order chi connectivity index (χ0) is 22.9. The topological polar surface area (TPSA) is 0 Å². The molecule has 0 heterocycles. The molecule has 0 saturated heterocycles. The lowest BCUT2D eigenvalue weighted by atomic mass is 9.89. The van der Waals surface area contributed by atoms with E-state index in [1.54, 1.807) is 4.44 Å². The van der Waals surface area contributed by atoms with E-state index in [4.69, 9.17) is 0 Å². The molecule has 0 unspecified atom stereocenters. The van der Waals surface area contributed by atoms with Crippen LogP contribution in [0.2, 0.25) is 10.6 Å². The Kier molecular flexibility index (Phi) is 8.15. The SMILES string of the molecule is C[CH2][Al]([CH2]C)/[C](=C(\C(=C\c1ccccc1)c1ccccc1)c1ccccc1)c1ccccc1. The highest BCUT2D eigenvalue weighted by molar-refractivity contribution is 6.81. The van der Waals surface area contributed by atoms with Crippen LogP contribution in [0.1, 0.15) is 36.1 Å². The maximum absolute atomic E-state index is 2.37. The van der Waals surface area contributed by atoms with Crippen LogP contribution in [0.25, 0.3) is 21.7 Å². The molecule has 0 aliphatic rings. The summed E-state index contributed by atoms with van der Waals surface area (Å²) >= 11 is -1.21. The first-order chi connectivity index (χ1) is 16.3. The minimum Gasteiger partial charge on any atom is -0.0954 e.